The fraction of sp³-hybridized carbons (Fsp3) is 0.949. The summed E-state index contributed by atoms with van der Waals surface area (Å²) in [6.45, 7) is 2.19. The number of hydrogen-bond donors (Lipinski definition) is 3. The largest absolute Gasteiger partial charge is 0.472 e. The first-order valence-electron chi connectivity index (χ1n) is 20.5. The van der Waals surface area contributed by atoms with Crippen molar-refractivity contribution in [3.05, 3.63) is 0 Å². The molecule has 298 valence electrons. The molecule has 0 bridgehead atoms. The van der Waals surface area contributed by atoms with Gasteiger partial charge in [-0.1, -0.05) is 174 Å². The lowest BCUT2D eigenvalue weighted by Crippen LogP contribution is -2.28. The Morgan fingerprint density at radius 3 is 0.940 bits per heavy atom. The summed E-state index contributed by atoms with van der Waals surface area (Å²) >= 11 is 0. The lowest BCUT2D eigenvalue weighted by Gasteiger charge is -2.20. The zero-order valence-electron chi connectivity index (χ0n) is 32.1. The van der Waals surface area contributed by atoms with Gasteiger partial charge in [-0.2, -0.15) is 0 Å². The SMILES string of the molecule is CCCCCCCCCCCCCCCCCCCCCC(=O)OC(CO)COP(=O)(O)OCC(CO)OC(=O)CCCCCCCCCC. The first kappa shape index (κ1) is 49.0. The van der Waals surface area contributed by atoms with Gasteiger partial charge in [-0.25, -0.2) is 4.57 Å². The van der Waals surface area contributed by atoms with Gasteiger partial charge in [0.1, 0.15) is 12.2 Å². The van der Waals surface area contributed by atoms with Crippen LogP contribution in [0.2, 0.25) is 0 Å². The van der Waals surface area contributed by atoms with Crippen molar-refractivity contribution in [1.82, 2.24) is 0 Å². The number of unbranched alkanes of at least 4 members (excludes halogenated alkanes) is 25. The zero-order valence-corrected chi connectivity index (χ0v) is 33.0. The van der Waals surface area contributed by atoms with Crippen LogP contribution in [0, 0.1) is 0 Å². The number of carbonyl (C=O) groups is 2. The Bertz CT molecular complexity index is 812. The van der Waals surface area contributed by atoms with Gasteiger partial charge in [-0.05, 0) is 12.8 Å². The minimum atomic E-state index is -4.62. The molecule has 50 heavy (non-hydrogen) atoms. The molecule has 3 atom stereocenters. The van der Waals surface area contributed by atoms with Crippen LogP contribution in [0.3, 0.4) is 0 Å². The summed E-state index contributed by atoms with van der Waals surface area (Å²) in [6, 6.07) is 0. The van der Waals surface area contributed by atoms with Gasteiger partial charge in [-0.15, -0.1) is 0 Å². The van der Waals surface area contributed by atoms with E-state index in [1.54, 1.807) is 0 Å². The van der Waals surface area contributed by atoms with Crippen molar-refractivity contribution in [3.63, 3.8) is 0 Å². The molecule has 10 nitrogen and oxygen atoms in total. The van der Waals surface area contributed by atoms with Gasteiger partial charge in [0.15, 0.2) is 0 Å². The topological polar surface area (TPSA) is 149 Å². The maximum absolute atomic E-state index is 12.3. The number of phosphoric ester groups is 1. The van der Waals surface area contributed by atoms with Gasteiger partial charge in [0.25, 0.3) is 0 Å². The molecule has 11 heteroatoms. The number of carbonyl (C=O) groups excluding carboxylic acids is 2. The molecular formula is C39H77O10P. The lowest BCUT2D eigenvalue weighted by atomic mass is 10.0. The monoisotopic (exact) mass is 737 g/mol. The minimum Gasteiger partial charge on any atom is -0.457 e. The second-order valence-electron chi connectivity index (χ2n) is 14.0. The Balaban J connectivity index is 3.85. The first-order valence-corrected chi connectivity index (χ1v) is 22.0. The van der Waals surface area contributed by atoms with Crippen molar-refractivity contribution < 1.29 is 47.8 Å². The summed E-state index contributed by atoms with van der Waals surface area (Å²) in [4.78, 5) is 34.3. The number of aliphatic hydroxyl groups is 2. The van der Waals surface area contributed by atoms with Crippen LogP contribution in [0.5, 0.6) is 0 Å². The molecule has 0 saturated heterocycles. The predicted octanol–water partition coefficient (Wildman–Crippen LogP) is 10.3. The van der Waals surface area contributed by atoms with Gasteiger partial charge in [0.05, 0.1) is 26.4 Å². The highest BCUT2D eigenvalue weighted by atomic mass is 31.2. The Hall–Kier alpha value is -1.03. The van der Waals surface area contributed by atoms with Crippen LogP contribution in [0.4, 0.5) is 0 Å². The molecule has 0 aliphatic rings. The Morgan fingerprint density at radius 1 is 0.460 bits per heavy atom. The molecule has 0 radical (unpaired) electrons. The van der Waals surface area contributed by atoms with Crippen LogP contribution in [0.25, 0.3) is 0 Å². The third-order valence-electron chi connectivity index (χ3n) is 9.07. The Labute approximate surface area is 305 Å². The normalized spacial score (nSPS) is 13.9. The molecule has 0 rings (SSSR count). The first-order chi connectivity index (χ1) is 24.3. The van der Waals surface area contributed by atoms with Crippen molar-refractivity contribution in [1.29, 1.82) is 0 Å². The van der Waals surface area contributed by atoms with Gasteiger partial charge in [0.2, 0.25) is 0 Å². The molecule has 3 N–H and O–H groups in total. The van der Waals surface area contributed by atoms with Crippen LogP contribution < -0.4 is 0 Å². The zero-order chi connectivity index (χ0) is 37.0. The van der Waals surface area contributed by atoms with Gasteiger partial charge < -0.3 is 24.6 Å². The fourth-order valence-corrected chi connectivity index (χ4v) is 6.66. The molecule has 0 aromatic carbocycles. The van der Waals surface area contributed by atoms with Gasteiger partial charge in [0, 0.05) is 12.8 Å². The quantitative estimate of drug-likeness (QED) is 0.0316. The number of rotatable bonds is 39. The summed E-state index contributed by atoms with van der Waals surface area (Å²) in [5, 5.41) is 19.1. The van der Waals surface area contributed by atoms with Crippen molar-refractivity contribution in [2.75, 3.05) is 26.4 Å². The predicted molar refractivity (Wildman–Crippen MR) is 201 cm³/mol. The van der Waals surface area contributed by atoms with Crippen LogP contribution in [0.15, 0.2) is 0 Å². The maximum Gasteiger partial charge on any atom is 0.472 e. The second kappa shape index (κ2) is 36.3. The molecular weight excluding hydrogens is 659 g/mol. The summed E-state index contributed by atoms with van der Waals surface area (Å²) in [5.74, 6) is -1.01. The van der Waals surface area contributed by atoms with E-state index >= 15 is 0 Å². The molecule has 0 aromatic rings. The van der Waals surface area contributed by atoms with E-state index in [0.717, 1.165) is 38.5 Å². The molecule has 3 unspecified atom stereocenters. The third kappa shape index (κ3) is 34.1. The van der Waals surface area contributed by atoms with Crippen molar-refractivity contribution in [3.8, 4) is 0 Å². The molecule has 0 fully saturated rings. The Morgan fingerprint density at radius 2 is 0.700 bits per heavy atom. The molecule has 0 spiro atoms. The van der Waals surface area contributed by atoms with E-state index in [1.165, 1.54) is 122 Å². The van der Waals surface area contributed by atoms with E-state index < -0.39 is 58.4 Å². The van der Waals surface area contributed by atoms with E-state index in [1.807, 2.05) is 0 Å². The fourth-order valence-electron chi connectivity index (χ4n) is 5.88. The highest BCUT2D eigenvalue weighted by molar-refractivity contribution is 7.47. The van der Waals surface area contributed by atoms with E-state index in [-0.39, 0.29) is 12.8 Å². The van der Waals surface area contributed by atoms with E-state index in [0.29, 0.717) is 12.8 Å². The van der Waals surface area contributed by atoms with E-state index in [2.05, 4.69) is 13.8 Å². The van der Waals surface area contributed by atoms with E-state index in [9.17, 15) is 29.3 Å². The second-order valence-corrected chi connectivity index (χ2v) is 15.4. The number of ether oxygens (including phenoxy) is 2. The molecule has 0 aliphatic heterocycles. The van der Waals surface area contributed by atoms with Gasteiger partial charge >= 0.3 is 19.8 Å². The summed E-state index contributed by atoms with van der Waals surface area (Å²) in [5.41, 5.74) is 0. The number of phosphoric acid groups is 1. The molecule has 0 aromatic heterocycles. The lowest BCUT2D eigenvalue weighted by molar-refractivity contribution is -0.153. The average Bonchev–Trinajstić information content (AvgIpc) is 3.10. The third-order valence-corrected chi connectivity index (χ3v) is 10.0. The van der Waals surface area contributed by atoms with Crippen LogP contribution in [-0.4, -0.2) is 65.7 Å². The number of esters is 2. The summed E-state index contributed by atoms with van der Waals surface area (Å²) < 4.78 is 32.4. The Kier molecular flexibility index (Phi) is 35.6. The highest BCUT2D eigenvalue weighted by Gasteiger charge is 2.27. The highest BCUT2D eigenvalue weighted by Crippen LogP contribution is 2.43. The molecule has 0 amide bonds. The number of aliphatic hydroxyl groups excluding tert-OH is 2. The van der Waals surface area contributed by atoms with Gasteiger partial charge in [-0.3, -0.25) is 18.6 Å². The molecule has 0 heterocycles. The maximum atomic E-state index is 12.3. The average molecular weight is 737 g/mol. The van der Waals surface area contributed by atoms with Crippen LogP contribution in [0.1, 0.15) is 200 Å². The van der Waals surface area contributed by atoms with Crippen molar-refractivity contribution >= 4 is 19.8 Å². The minimum absolute atomic E-state index is 0.196. The van der Waals surface area contributed by atoms with E-state index in [4.69, 9.17) is 18.5 Å². The molecule has 0 saturated carbocycles. The smallest absolute Gasteiger partial charge is 0.457 e. The van der Waals surface area contributed by atoms with Crippen LogP contribution >= 0.6 is 7.82 Å². The molecule has 0 aliphatic carbocycles. The van der Waals surface area contributed by atoms with Crippen molar-refractivity contribution in [2.45, 2.75) is 212 Å². The summed E-state index contributed by atoms with van der Waals surface area (Å²) in [7, 11) is -4.62. The summed E-state index contributed by atoms with van der Waals surface area (Å²) in [6.07, 6.45) is 31.0. The van der Waals surface area contributed by atoms with Crippen LogP contribution in [-0.2, 0) is 32.7 Å². The van der Waals surface area contributed by atoms with Crippen molar-refractivity contribution in [2.24, 2.45) is 0 Å². The standard InChI is InChI=1S/C39H77O10P/c1-3-5-7-9-11-13-14-15-16-17-18-19-20-21-22-23-25-27-29-31-39(43)49-37(33-41)35-47-50(44,45)46-34-36(32-40)48-38(42)30-28-26-24-12-10-8-6-4-2/h36-37,40-41H,3-35H2,1-2H3,(H,44,45). The number of hydrogen-bond acceptors (Lipinski definition) is 9.